The van der Waals surface area contributed by atoms with Gasteiger partial charge in [0.15, 0.2) is 10.6 Å². The average molecular weight is 386 g/mol. The molecule has 0 unspecified atom stereocenters. The highest BCUT2D eigenvalue weighted by Crippen LogP contribution is 2.20. The summed E-state index contributed by atoms with van der Waals surface area (Å²) >= 11 is 5.46. The lowest BCUT2D eigenvalue weighted by Crippen LogP contribution is -2.27. The molecule has 0 saturated carbocycles. The highest BCUT2D eigenvalue weighted by Gasteiger charge is 2.14. The van der Waals surface area contributed by atoms with Gasteiger partial charge in [0.25, 0.3) is 0 Å². The molecule has 0 amide bonds. The second-order valence-corrected chi connectivity index (χ2v) is 6.90. The number of nitrogens with zero attached hydrogens (tertiary/aromatic N) is 4. The van der Waals surface area contributed by atoms with E-state index in [9.17, 15) is 4.39 Å². The minimum atomic E-state index is -0.312. The Labute approximate surface area is 163 Å². The molecule has 0 aliphatic carbocycles. The molecule has 1 heterocycles. The van der Waals surface area contributed by atoms with Crippen molar-refractivity contribution in [3.05, 3.63) is 64.7 Å². The maximum absolute atomic E-state index is 14.1. The van der Waals surface area contributed by atoms with E-state index in [1.54, 1.807) is 34.5 Å². The molecule has 0 atom stereocenters. The molecule has 3 rings (SSSR count). The first-order chi connectivity index (χ1) is 13.0. The molecular weight excluding hydrogens is 363 g/mol. The molecule has 3 aromatic rings. The van der Waals surface area contributed by atoms with Gasteiger partial charge in [-0.25, -0.2) is 9.07 Å². The molecular formula is C20H23FN4OS. The topological polar surface area (TPSA) is 35.2 Å². The van der Waals surface area contributed by atoms with Crippen LogP contribution in [0.15, 0.2) is 48.5 Å². The molecule has 0 fully saturated rings. The van der Waals surface area contributed by atoms with Crippen molar-refractivity contribution in [3.63, 3.8) is 0 Å². The second kappa shape index (κ2) is 8.45. The van der Waals surface area contributed by atoms with Crippen LogP contribution in [-0.4, -0.2) is 39.4 Å². The lowest BCUT2D eigenvalue weighted by molar-refractivity contribution is 0.198. The first kappa shape index (κ1) is 19.3. The minimum absolute atomic E-state index is 0.312. The number of likely N-dealkylation sites (N-methyl/N-ethyl adjacent to an activating group) is 1. The largest absolute Gasteiger partial charge is 0.492 e. The monoisotopic (exact) mass is 386 g/mol. The van der Waals surface area contributed by atoms with Gasteiger partial charge < -0.3 is 9.30 Å². The smallest absolute Gasteiger partial charge is 0.199 e. The third kappa shape index (κ3) is 4.61. The Morgan fingerprint density at radius 1 is 1.19 bits per heavy atom. The maximum atomic E-state index is 14.1. The molecule has 1 aromatic heterocycles. The van der Waals surface area contributed by atoms with Crippen LogP contribution in [0.3, 0.4) is 0 Å². The van der Waals surface area contributed by atoms with Crippen LogP contribution in [0.4, 0.5) is 4.39 Å². The number of ether oxygens (including phenoxy) is 1. The van der Waals surface area contributed by atoms with E-state index in [-0.39, 0.29) is 5.82 Å². The van der Waals surface area contributed by atoms with Gasteiger partial charge in [-0.1, -0.05) is 24.3 Å². The third-order valence-electron chi connectivity index (χ3n) is 4.26. The predicted molar refractivity (Wildman–Crippen MR) is 107 cm³/mol. The van der Waals surface area contributed by atoms with E-state index in [0.29, 0.717) is 36.0 Å². The first-order valence-corrected chi connectivity index (χ1v) is 9.13. The summed E-state index contributed by atoms with van der Waals surface area (Å²) in [5.74, 6) is 1.06. The second-order valence-electron chi connectivity index (χ2n) is 6.53. The van der Waals surface area contributed by atoms with Gasteiger partial charge in [0.2, 0.25) is 0 Å². The van der Waals surface area contributed by atoms with Gasteiger partial charge in [0.1, 0.15) is 18.2 Å². The van der Waals surface area contributed by atoms with E-state index < -0.39 is 0 Å². The molecule has 5 nitrogen and oxygen atoms in total. The fraction of sp³-hybridized carbons (Fsp3) is 0.300. The SMILES string of the molecule is Cc1cccc(OCCN(C)Cn2nc(-c3ccccc3F)n(C)c2=S)c1. The molecule has 0 N–H and O–H groups in total. The number of hydrogen-bond donors (Lipinski definition) is 0. The van der Waals surface area contributed by atoms with Crippen molar-refractivity contribution < 1.29 is 9.13 Å². The summed E-state index contributed by atoms with van der Waals surface area (Å²) in [6, 6.07) is 14.5. The molecule has 0 aliphatic heterocycles. The van der Waals surface area contributed by atoms with E-state index in [0.717, 1.165) is 5.75 Å². The Bertz CT molecular complexity index is 982. The summed E-state index contributed by atoms with van der Waals surface area (Å²) in [6.45, 7) is 3.80. The molecule has 0 spiro atoms. The molecule has 142 valence electrons. The number of halogens is 1. The summed E-state index contributed by atoms with van der Waals surface area (Å²) in [5.41, 5.74) is 1.61. The highest BCUT2D eigenvalue weighted by atomic mass is 32.1. The zero-order valence-corrected chi connectivity index (χ0v) is 16.5. The number of aromatic nitrogens is 3. The predicted octanol–water partition coefficient (Wildman–Crippen LogP) is 4.03. The molecule has 0 saturated heterocycles. The van der Waals surface area contributed by atoms with Crippen molar-refractivity contribution >= 4 is 12.2 Å². The summed E-state index contributed by atoms with van der Waals surface area (Å²) in [7, 11) is 3.77. The van der Waals surface area contributed by atoms with E-state index in [1.165, 1.54) is 11.6 Å². The summed E-state index contributed by atoms with van der Waals surface area (Å²) < 4.78 is 23.8. The first-order valence-electron chi connectivity index (χ1n) is 8.72. The number of benzene rings is 2. The van der Waals surface area contributed by atoms with Gasteiger partial charge in [-0.15, -0.1) is 0 Å². The summed E-state index contributed by atoms with van der Waals surface area (Å²) in [6.07, 6.45) is 0. The standard InChI is InChI=1S/C20H23FN4OS/c1-15-7-6-8-16(13-15)26-12-11-23(2)14-25-20(27)24(3)19(22-25)17-9-4-5-10-18(17)21/h4-10,13H,11-12,14H2,1-3H3. The number of aryl methyl sites for hydroxylation is 1. The minimum Gasteiger partial charge on any atom is -0.492 e. The Kier molecular flexibility index (Phi) is 6.03. The fourth-order valence-corrected chi connectivity index (χ4v) is 2.97. The van der Waals surface area contributed by atoms with Gasteiger partial charge in [-0.3, -0.25) is 4.90 Å². The summed E-state index contributed by atoms with van der Waals surface area (Å²) in [5, 5.41) is 4.51. The van der Waals surface area contributed by atoms with Crippen LogP contribution >= 0.6 is 12.2 Å². The van der Waals surface area contributed by atoms with Crippen LogP contribution in [0.5, 0.6) is 5.75 Å². The van der Waals surface area contributed by atoms with E-state index in [1.807, 2.05) is 38.2 Å². The zero-order valence-electron chi connectivity index (χ0n) is 15.7. The van der Waals surface area contributed by atoms with Crippen molar-refractivity contribution in [2.24, 2.45) is 7.05 Å². The van der Waals surface area contributed by atoms with Gasteiger partial charge in [0, 0.05) is 13.6 Å². The van der Waals surface area contributed by atoms with Gasteiger partial charge in [0.05, 0.1) is 12.2 Å². The number of rotatable bonds is 7. The summed E-state index contributed by atoms with van der Waals surface area (Å²) in [4.78, 5) is 2.06. The highest BCUT2D eigenvalue weighted by molar-refractivity contribution is 7.71. The Hall–Kier alpha value is -2.51. The van der Waals surface area contributed by atoms with Gasteiger partial charge in [-0.05, 0) is 56.0 Å². The van der Waals surface area contributed by atoms with Gasteiger partial charge in [-0.2, -0.15) is 5.10 Å². The van der Waals surface area contributed by atoms with Crippen molar-refractivity contribution in [3.8, 4) is 17.1 Å². The van der Waals surface area contributed by atoms with E-state index in [4.69, 9.17) is 17.0 Å². The molecule has 0 bridgehead atoms. The lowest BCUT2D eigenvalue weighted by atomic mass is 10.2. The van der Waals surface area contributed by atoms with E-state index >= 15 is 0 Å². The van der Waals surface area contributed by atoms with Crippen LogP contribution in [0.25, 0.3) is 11.4 Å². The van der Waals surface area contributed by atoms with Crippen molar-refractivity contribution in [2.45, 2.75) is 13.6 Å². The van der Waals surface area contributed by atoms with Crippen LogP contribution in [0.1, 0.15) is 5.56 Å². The van der Waals surface area contributed by atoms with Crippen molar-refractivity contribution in [1.82, 2.24) is 19.2 Å². The Morgan fingerprint density at radius 2 is 1.96 bits per heavy atom. The fourth-order valence-electron chi connectivity index (χ4n) is 2.78. The molecule has 0 aliphatic rings. The van der Waals surface area contributed by atoms with E-state index in [2.05, 4.69) is 10.00 Å². The van der Waals surface area contributed by atoms with Crippen LogP contribution in [0.2, 0.25) is 0 Å². The maximum Gasteiger partial charge on any atom is 0.199 e. The lowest BCUT2D eigenvalue weighted by Gasteiger charge is -2.16. The molecule has 0 radical (unpaired) electrons. The van der Waals surface area contributed by atoms with Crippen molar-refractivity contribution in [1.29, 1.82) is 0 Å². The molecule has 27 heavy (non-hydrogen) atoms. The number of hydrogen-bond acceptors (Lipinski definition) is 4. The Balaban J connectivity index is 1.64. The Morgan fingerprint density at radius 3 is 2.70 bits per heavy atom. The quantitative estimate of drug-likeness (QED) is 0.574. The van der Waals surface area contributed by atoms with Crippen molar-refractivity contribution in [2.75, 3.05) is 20.2 Å². The normalized spacial score (nSPS) is 11.1. The zero-order chi connectivity index (χ0) is 19.4. The molecule has 2 aromatic carbocycles. The van der Waals surface area contributed by atoms with Gasteiger partial charge >= 0.3 is 0 Å². The molecule has 7 heteroatoms. The van der Waals surface area contributed by atoms with Crippen LogP contribution in [0, 0.1) is 17.5 Å². The average Bonchev–Trinajstić information content (AvgIpc) is 2.90. The van der Waals surface area contributed by atoms with Crippen LogP contribution in [-0.2, 0) is 13.7 Å². The van der Waals surface area contributed by atoms with Crippen LogP contribution < -0.4 is 4.74 Å². The third-order valence-corrected chi connectivity index (χ3v) is 4.75.